The predicted molar refractivity (Wildman–Crippen MR) is 247 cm³/mol. The van der Waals surface area contributed by atoms with Gasteiger partial charge in [0.05, 0.1) is 11.6 Å². The average molecular weight is 794 g/mol. The van der Waals surface area contributed by atoms with Gasteiger partial charge in [-0.1, -0.05) is 188 Å². The number of rotatable bonds is 9. The molecule has 0 aliphatic heterocycles. The molecule has 0 spiro atoms. The topological polar surface area (TPSA) is 101 Å². The second kappa shape index (κ2) is 16.9. The van der Waals surface area contributed by atoms with Gasteiger partial charge < -0.3 is 0 Å². The zero-order valence-corrected chi connectivity index (χ0v) is 33.3. The highest BCUT2D eigenvalue weighted by molar-refractivity contribution is 5.82. The molecule has 0 N–H and O–H groups in total. The van der Waals surface area contributed by atoms with Crippen LogP contribution < -0.4 is 0 Å². The number of hydrogen-bond acceptors (Lipinski definition) is 7. The molecule has 2 aromatic heterocycles. The Hall–Kier alpha value is -8.73. The van der Waals surface area contributed by atoms with E-state index in [0.717, 1.165) is 66.8 Å². The van der Waals surface area contributed by atoms with Crippen LogP contribution in [0.5, 0.6) is 0 Å². The quantitative estimate of drug-likeness (QED) is 0.143. The molecule has 290 valence electrons. The Bertz CT molecular complexity index is 3110. The summed E-state index contributed by atoms with van der Waals surface area (Å²) in [4.78, 5) is 29.4. The minimum Gasteiger partial charge on any atom is -0.208 e. The lowest BCUT2D eigenvalue weighted by atomic mass is 9.93. The molecule has 0 atom stereocenters. The van der Waals surface area contributed by atoms with Crippen LogP contribution in [0.15, 0.2) is 212 Å². The molecule has 7 nitrogen and oxygen atoms in total. The first-order valence-electron chi connectivity index (χ1n) is 20.3. The highest BCUT2D eigenvalue weighted by atomic mass is 15.0. The van der Waals surface area contributed by atoms with E-state index in [1.807, 2.05) is 170 Å². The van der Waals surface area contributed by atoms with Gasteiger partial charge in [-0.3, -0.25) is 0 Å². The van der Waals surface area contributed by atoms with E-state index in [-0.39, 0.29) is 0 Å². The van der Waals surface area contributed by atoms with Crippen molar-refractivity contribution in [2.45, 2.75) is 0 Å². The van der Waals surface area contributed by atoms with E-state index >= 15 is 0 Å². The second-order valence-corrected chi connectivity index (χ2v) is 14.7. The number of nitrogens with zero attached hydrogens (tertiary/aromatic N) is 7. The number of nitriles is 1. The molecule has 0 bridgehead atoms. The van der Waals surface area contributed by atoms with Gasteiger partial charge in [0.25, 0.3) is 0 Å². The van der Waals surface area contributed by atoms with E-state index in [0.29, 0.717) is 40.5 Å². The van der Waals surface area contributed by atoms with Crippen molar-refractivity contribution in [3.8, 4) is 108 Å². The van der Waals surface area contributed by atoms with Crippen LogP contribution >= 0.6 is 0 Å². The summed E-state index contributed by atoms with van der Waals surface area (Å²) >= 11 is 0. The third-order valence-corrected chi connectivity index (χ3v) is 10.6. The normalized spacial score (nSPS) is 10.9. The first-order chi connectivity index (χ1) is 30.6. The largest absolute Gasteiger partial charge is 0.208 e. The Balaban J connectivity index is 0.973. The molecule has 0 saturated heterocycles. The maximum atomic E-state index is 10.2. The van der Waals surface area contributed by atoms with Gasteiger partial charge in [-0.25, -0.2) is 29.9 Å². The predicted octanol–water partition coefficient (Wildman–Crippen LogP) is 12.9. The molecule has 10 rings (SSSR count). The Labute approximate surface area is 359 Å². The monoisotopic (exact) mass is 793 g/mol. The Morgan fingerprint density at radius 1 is 0.242 bits per heavy atom. The highest BCUT2D eigenvalue weighted by Gasteiger charge is 2.16. The Kier molecular flexibility index (Phi) is 10.2. The highest BCUT2D eigenvalue weighted by Crippen LogP contribution is 2.35. The van der Waals surface area contributed by atoms with Crippen LogP contribution in [0, 0.1) is 11.3 Å². The molecule has 0 radical (unpaired) electrons. The fourth-order valence-electron chi connectivity index (χ4n) is 7.45. The van der Waals surface area contributed by atoms with E-state index in [1.165, 1.54) is 0 Å². The molecule has 62 heavy (non-hydrogen) atoms. The van der Waals surface area contributed by atoms with Crippen molar-refractivity contribution in [2.24, 2.45) is 0 Å². The van der Waals surface area contributed by atoms with Gasteiger partial charge in [0, 0.05) is 38.9 Å². The molecule has 7 heteroatoms. The molecule has 0 unspecified atom stereocenters. The average Bonchev–Trinajstić information content (AvgIpc) is 3.37. The van der Waals surface area contributed by atoms with Crippen molar-refractivity contribution in [3.63, 3.8) is 0 Å². The van der Waals surface area contributed by atoms with E-state index in [2.05, 4.69) is 48.5 Å². The van der Waals surface area contributed by atoms with Gasteiger partial charge in [0.1, 0.15) is 0 Å². The maximum Gasteiger partial charge on any atom is 0.164 e. The molecule has 0 amide bonds. The fourth-order valence-corrected chi connectivity index (χ4v) is 7.45. The molecule has 2 heterocycles. The second-order valence-electron chi connectivity index (χ2n) is 14.7. The zero-order chi connectivity index (χ0) is 41.7. The molecule has 10 aromatic rings. The zero-order valence-electron chi connectivity index (χ0n) is 33.3. The summed E-state index contributed by atoms with van der Waals surface area (Å²) in [5.41, 5.74) is 11.8. The summed E-state index contributed by atoms with van der Waals surface area (Å²) in [6.07, 6.45) is 0. The number of aromatic nitrogens is 6. The first kappa shape index (κ1) is 37.5. The molecular formula is C55H35N7. The van der Waals surface area contributed by atoms with E-state index < -0.39 is 0 Å². The lowest BCUT2D eigenvalue weighted by Gasteiger charge is -2.12. The maximum absolute atomic E-state index is 10.2. The van der Waals surface area contributed by atoms with E-state index in [1.54, 1.807) is 0 Å². The third kappa shape index (κ3) is 7.87. The van der Waals surface area contributed by atoms with Crippen LogP contribution in [0.1, 0.15) is 5.56 Å². The number of benzene rings is 8. The van der Waals surface area contributed by atoms with Gasteiger partial charge >= 0.3 is 0 Å². The lowest BCUT2D eigenvalue weighted by molar-refractivity contribution is 1.07. The lowest BCUT2D eigenvalue weighted by Crippen LogP contribution is -2.00. The Morgan fingerprint density at radius 2 is 0.516 bits per heavy atom. The van der Waals surface area contributed by atoms with Gasteiger partial charge in [-0.05, 0) is 52.1 Å². The summed E-state index contributed by atoms with van der Waals surface area (Å²) in [7, 11) is 0. The molecular weight excluding hydrogens is 759 g/mol. The summed E-state index contributed by atoms with van der Waals surface area (Å²) < 4.78 is 0. The molecule has 0 aliphatic carbocycles. The van der Waals surface area contributed by atoms with Crippen LogP contribution in [0.4, 0.5) is 0 Å². The summed E-state index contributed by atoms with van der Waals surface area (Å²) in [6, 6.07) is 73.1. The van der Waals surface area contributed by atoms with Crippen molar-refractivity contribution in [1.29, 1.82) is 5.26 Å². The smallest absolute Gasteiger partial charge is 0.164 e. The van der Waals surface area contributed by atoms with Gasteiger partial charge in [-0.15, -0.1) is 0 Å². The van der Waals surface area contributed by atoms with Crippen molar-refractivity contribution >= 4 is 0 Å². The molecule has 0 saturated carbocycles. The standard InChI is InChI=1S/C55H35N7/c56-36-48-32-31-46(35-49(48)37-27-29-42(30-28-37)54-59-50(38-15-5-1-6-16-38)57-51(60-54)39-17-7-2-8-18-39)44-24-13-23-43(33-44)45-25-14-26-47(34-45)55-61-52(40-19-9-3-10-20-40)58-53(62-55)41-21-11-4-12-22-41/h1-35H. The number of hydrogen-bond donors (Lipinski definition) is 0. The molecule has 0 aliphatic rings. The minimum absolute atomic E-state index is 0.572. The SMILES string of the molecule is N#Cc1ccc(-c2cccc(-c3cccc(-c4nc(-c5ccccc5)nc(-c5ccccc5)n4)c3)c2)cc1-c1ccc(-c2nc(-c3ccccc3)nc(-c3ccccc3)n2)cc1. The summed E-state index contributed by atoms with van der Waals surface area (Å²) in [5.74, 6) is 3.62. The van der Waals surface area contributed by atoms with Gasteiger partial charge in [0.2, 0.25) is 0 Å². The van der Waals surface area contributed by atoms with Crippen molar-refractivity contribution in [3.05, 3.63) is 218 Å². The van der Waals surface area contributed by atoms with Crippen molar-refractivity contribution in [1.82, 2.24) is 29.9 Å². The van der Waals surface area contributed by atoms with Crippen LogP contribution in [0.2, 0.25) is 0 Å². The van der Waals surface area contributed by atoms with Crippen LogP contribution in [0.3, 0.4) is 0 Å². The summed E-state index contributed by atoms with van der Waals surface area (Å²) in [5, 5.41) is 10.2. The van der Waals surface area contributed by atoms with E-state index in [4.69, 9.17) is 29.9 Å². The third-order valence-electron chi connectivity index (χ3n) is 10.6. The fraction of sp³-hybridized carbons (Fsp3) is 0. The Morgan fingerprint density at radius 3 is 0.903 bits per heavy atom. The van der Waals surface area contributed by atoms with E-state index in [9.17, 15) is 5.26 Å². The van der Waals surface area contributed by atoms with Crippen molar-refractivity contribution < 1.29 is 0 Å². The molecule has 0 fully saturated rings. The van der Waals surface area contributed by atoms with Crippen LogP contribution in [-0.4, -0.2) is 29.9 Å². The van der Waals surface area contributed by atoms with Gasteiger partial charge in [0.15, 0.2) is 34.9 Å². The minimum atomic E-state index is 0.572. The molecule has 8 aromatic carbocycles. The first-order valence-corrected chi connectivity index (χ1v) is 20.3. The van der Waals surface area contributed by atoms with Crippen LogP contribution in [-0.2, 0) is 0 Å². The summed E-state index contributed by atoms with van der Waals surface area (Å²) in [6.45, 7) is 0. The van der Waals surface area contributed by atoms with Crippen molar-refractivity contribution in [2.75, 3.05) is 0 Å². The van der Waals surface area contributed by atoms with Gasteiger partial charge in [-0.2, -0.15) is 5.26 Å². The van der Waals surface area contributed by atoms with Crippen LogP contribution in [0.25, 0.3) is 102 Å².